The van der Waals surface area contributed by atoms with E-state index in [2.05, 4.69) is 21.5 Å². The van der Waals surface area contributed by atoms with Gasteiger partial charge in [0.25, 0.3) is 5.91 Å². The van der Waals surface area contributed by atoms with Crippen molar-refractivity contribution in [3.8, 4) is 0 Å². The predicted octanol–water partition coefficient (Wildman–Crippen LogP) is 3.14. The summed E-state index contributed by atoms with van der Waals surface area (Å²) < 4.78 is 6.80. The van der Waals surface area contributed by atoms with Gasteiger partial charge in [-0.25, -0.2) is 0 Å². The Balaban J connectivity index is 1.60. The molecule has 130 valence electrons. The van der Waals surface area contributed by atoms with Gasteiger partial charge in [-0.3, -0.25) is 9.48 Å². The number of carbonyl (C=O) groups excluding carboxylic acids is 1. The van der Waals surface area contributed by atoms with Crippen molar-refractivity contribution < 1.29 is 9.53 Å². The number of para-hydroxylation sites is 1. The Bertz CT molecular complexity index is 909. The van der Waals surface area contributed by atoms with Crippen molar-refractivity contribution >= 4 is 22.5 Å². The number of nitrogens with one attached hydrogen (secondary N) is 2. The molecular weight excluding hydrogens is 316 g/mol. The lowest BCUT2D eigenvalue weighted by atomic mass is 9.95. The molecule has 2 N–H and O–H groups in total. The van der Waals surface area contributed by atoms with Crippen LogP contribution in [0.3, 0.4) is 0 Å². The summed E-state index contributed by atoms with van der Waals surface area (Å²) in [6.45, 7) is 1.24. The van der Waals surface area contributed by atoms with Gasteiger partial charge in [0.05, 0.1) is 36.1 Å². The topological polar surface area (TPSA) is 71.9 Å². The number of hydrogen-bond acceptors (Lipinski definition) is 3. The summed E-state index contributed by atoms with van der Waals surface area (Å²) in [4.78, 5) is 16.3. The van der Waals surface area contributed by atoms with Crippen LogP contribution in [0.25, 0.3) is 10.9 Å². The highest BCUT2D eigenvalue weighted by molar-refractivity contribution is 6.12. The Hall–Kier alpha value is -2.60. The molecule has 1 amide bonds. The van der Waals surface area contributed by atoms with Crippen molar-refractivity contribution in [1.82, 2.24) is 14.8 Å². The van der Waals surface area contributed by atoms with E-state index < -0.39 is 0 Å². The van der Waals surface area contributed by atoms with Crippen LogP contribution < -0.4 is 5.32 Å². The molecule has 0 spiro atoms. The zero-order valence-electron chi connectivity index (χ0n) is 14.3. The Morgan fingerprint density at radius 2 is 2.24 bits per heavy atom. The van der Waals surface area contributed by atoms with Crippen LogP contribution in [0.2, 0.25) is 0 Å². The summed E-state index contributed by atoms with van der Waals surface area (Å²) in [5.41, 5.74) is 4.97. The number of nitrogens with zero attached hydrogens (tertiary/aromatic N) is 2. The third-order valence-electron chi connectivity index (χ3n) is 4.79. The number of rotatable bonds is 5. The molecule has 0 unspecified atom stereocenters. The molecule has 0 fully saturated rings. The zero-order chi connectivity index (χ0) is 17.2. The van der Waals surface area contributed by atoms with Crippen LogP contribution in [0.1, 0.15) is 34.5 Å². The van der Waals surface area contributed by atoms with E-state index in [4.69, 9.17) is 4.74 Å². The molecule has 0 bridgehead atoms. The molecule has 6 heteroatoms. The van der Waals surface area contributed by atoms with Crippen LogP contribution in [-0.4, -0.2) is 34.4 Å². The summed E-state index contributed by atoms with van der Waals surface area (Å²) >= 11 is 0. The van der Waals surface area contributed by atoms with Crippen molar-refractivity contribution in [2.75, 3.05) is 19.0 Å². The zero-order valence-corrected chi connectivity index (χ0v) is 14.3. The third-order valence-corrected chi connectivity index (χ3v) is 4.79. The average molecular weight is 338 g/mol. The molecule has 4 rings (SSSR count). The maximum absolute atomic E-state index is 12.8. The summed E-state index contributed by atoms with van der Waals surface area (Å²) in [5.74, 6) is -0.115. The monoisotopic (exact) mass is 338 g/mol. The minimum atomic E-state index is -0.115. The van der Waals surface area contributed by atoms with Crippen molar-refractivity contribution in [1.29, 1.82) is 0 Å². The summed E-state index contributed by atoms with van der Waals surface area (Å²) in [5, 5.41) is 8.35. The number of ether oxygens (including phenoxy) is 1. The molecule has 1 aliphatic carbocycles. The first-order valence-corrected chi connectivity index (χ1v) is 8.71. The molecule has 1 aliphatic rings. The molecule has 1 aromatic carbocycles. The van der Waals surface area contributed by atoms with Gasteiger partial charge in [0, 0.05) is 24.4 Å². The van der Waals surface area contributed by atoms with Crippen LogP contribution in [0.4, 0.5) is 5.69 Å². The number of H-pyrrole nitrogens is 1. The smallest absolute Gasteiger partial charge is 0.257 e. The number of benzene rings is 1. The minimum absolute atomic E-state index is 0.115. The van der Waals surface area contributed by atoms with Crippen LogP contribution in [0.15, 0.2) is 30.6 Å². The van der Waals surface area contributed by atoms with E-state index in [-0.39, 0.29) is 5.91 Å². The van der Waals surface area contributed by atoms with Gasteiger partial charge in [-0.15, -0.1) is 0 Å². The van der Waals surface area contributed by atoms with E-state index in [9.17, 15) is 4.79 Å². The van der Waals surface area contributed by atoms with Crippen LogP contribution in [-0.2, 0) is 24.1 Å². The number of aromatic amines is 1. The highest BCUT2D eigenvalue weighted by atomic mass is 16.5. The molecule has 0 atom stereocenters. The highest BCUT2D eigenvalue weighted by Gasteiger charge is 2.19. The van der Waals surface area contributed by atoms with E-state index in [1.165, 1.54) is 29.5 Å². The number of aromatic nitrogens is 3. The quantitative estimate of drug-likeness (QED) is 0.751. The Morgan fingerprint density at radius 3 is 3.12 bits per heavy atom. The van der Waals surface area contributed by atoms with Gasteiger partial charge in [-0.1, -0.05) is 12.1 Å². The van der Waals surface area contributed by atoms with Gasteiger partial charge in [-0.2, -0.15) is 5.10 Å². The first kappa shape index (κ1) is 15.9. The number of aryl methyl sites for hydroxylation is 2. The number of fused-ring (bicyclic) bond motifs is 3. The second-order valence-corrected chi connectivity index (χ2v) is 6.46. The van der Waals surface area contributed by atoms with E-state index >= 15 is 0 Å². The fourth-order valence-corrected chi connectivity index (χ4v) is 3.55. The van der Waals surface area contributed by atoms with Gasteiger partial charge >= 0.3 is 0 Å². The van der Waals surface area contributed by atoms with Gasteiger partial charge in [0.1, 0.15) is 0 Å². The largest absolute Gasteiger partial charge is 0.383 e. The number of carbonyl (C=O) groups is 1. The third kappa shape index (κ3) is 3.05. The van der Waals surface area contributed by atoms with E-state index in [0.29, 0.717) is 24.4 Å². The standard InChI is InChI=1S/C19H22N4O2/c1-25-10-9-23-12-13(11-20-23)21-19(24)16-7-4-6-15-14-5-2-3-8-17(14)22-18(15)16/h4,6-7,11-12,22H,2-3,5,8-10H2,1H3,(H,21,24). The number of amides is 1. The van der Waals surface area contributed by atoms with Gasteiger partial charge < -0.3 is 15.0 Å². The molecule has 0 aliphatic heterocycles. The maximum Gasteiger partial charge on any atom is 0.257 e. The molecule has 0 radical (unpaired) electrons. The molecule has 0 saturated heterocycles. The Labute approximate surface area is 146 Å². The number of anilines is 1. The minimum Gasteiger partial charge on any atom is -0.383 e. The second-order valence-electron chi connectivity index (χ2n) is 6.46. The van der Waals surface area contributed by atoms with Crippen molar-refractivity contribution in [2.45, 2.75) is 32.2 Å². The Kier molecular flexibility index (Phi) is 4.28. The fraction of sp³-hybridized carbons (Fsp3) is 0.368. The van der Waals surface area contributed by atoms with Gasteiger partial charge in [0.15, 0.2) is 0 Å². The van der Waals surface area contributed by atoms with E-state index in [1.807, 2.05) is 18.3 Å². The normalized spacial score (nSPS) is 13.8. The molecule has 3 aromatic rings. The molecule has 25 heavy (non-hydrogen) atoms. The molecule has 6 nitrogen and oxygen atoms in total. The van der Waals surface area contributed by atoms with Crippen LogP contribution >= 0.6 is 0 Å². The first-order valence-electron chi connectivity index (χ1n) is 8.71. The SMILES string of the molecule is COCCn1cc(NC(=O)c2cccc3c4c([nH]c23)CCCC4)cn1. The van der Waals surface area contributed by atoms with Crippen LogP contribution in [0.5, 0.6) is 0 Å². The molecular formula is C19H22N4O2. The van der Waals surface area contributed by atoms with Crippen molar-refractivity contribution in [3.05, 3.63) is 47.4 Å². The molecule has 0 saturated carbocycles. The van der Waals surface area contributed by atoms with Gasteiger partial charge in [-0.05, 0) is 37.3 Å². The first-order chi connectivity index (χ1) is 12.3. The van der Waals surface area contributed by atoms with E-state index in [1.54, 1.807) is 18.0 Å². The highest BCUT2D eigenvalue weighted by Crippen LogP contribution is 2.31. The van der Waals surface area contributed by atoms with Crippen LogP contribution in [0, 0.1) is 0 Å². The Morgan fingerprint density at radius 1 is 1.36 bits per heavy atom. The second kappa shape index (κ2) is 6.72. The summed E-state index contributed by atoms with van der Waals surface area (Å²) in [6, 6.07) is 5.94. The molecule has 2 heterocycles. The fourth-order valence-electron chi connectivity index (χ4n) is 3.55. The van der Waals surface area contributed by atoms with Gasteiger partial charge in [0.2, 0.25) is 0 Å². The summed E-state index contributed by atoms with van der Waals surface area (Å²) in [6.07, 6.45) is 8.06. The van der Waals surface area contributed by atoms with Crippen molar-refractivity contribution in [3.63, 3.8) is 0 Å². The number of hydrogen-bond donors (Lipinski definition) is 2. The van der Waals surface area contributed by atoms with E-state index in [0.717, 1.165) is 18.4 Å². The predicted molar refractivity (Wildman–Crippen MR) is 97.0 cm³/mol. The lowest BCUT2D eigenvalue weighted by molar-refractivity contribution is 0.102. The lowest BCUT2D eigenvalue weighted by Gasteiger charge is -2.10. The van der Waals surface area contributed by atoms with Crippen molar-refractivity contribution in [2.24, 2.45) is 0 Å². The maximum atomic E-state index is 12.8. The lowest BCUT2D eigenvalue weighted by Crippen LogP contribution is -2.12. The molecule has 2 aromatic heterocycles. The summed E-state index contributed by atoms with van der Waals surface area (Å²) in [7, 11) is 1.66. The number of methoxy groups -OCH3 is 1. The average Bonchev–Trinajstić information content (AvgIpc) is 3.23.